The van der Waals surface area contributed by atoms with E-state index in [1.165, 1.54) is 12.1 Å². The van der Waals surface area contributed by atoms with Crippen LogP contribution in [0.4, 0.5) is 5.69 Å². The number of hydrogen-bond acceptors (Lipinski definition) is 8. The molecule has 2 heterocycles. The molecule has 3 aromatic rings. The Bertz CT molecular complexity index is 1060. The summed E-state index contributed by atoms with van der Waals surface area (Å²) >= 11 is 6.99. The van der Waals surface area contributed by atoms with Gasteiger partial charge in [0.05, 0.1) is 15.5 Å². The van der Waals surface area contributed by atoms with Crippen LogP contribution in [-0.2, 0) is 11.3 Å². The fourth-order valence-electron chi connectivity index (χ4n) is 2.01. The third-order valence-corrected chi connectivity index (χ3v) is 4.32. The first-order chi connectivity index (χ1) is 11.8. The van der Waals surface area contributed by atoms with Crippen molar-refractivity contribution < 1.29 is 14.5 Å². The van der Waals surface area contributed by atoms with Gasteiger partial charge in [-0.3, -0.25) is 14.9 Å². The van der Waals surface area contributed by atoms with E-state index in [0.717, 1.165) is 28.0 Å². The number of aryl methyl sites for hydroxylation is 1. The fraction of sp³-hybridized carbons (Fsp3) is 0.143. The molecule has 9 nitrogen and oxygen atoms in total. The minimum atomic E-state index is -0.754. The van der Waals surface area contributed by atoms with Crippen LogP contribution in [0.3, 0.4) is 0 Å². The Balaban J connectivity index is 1.77. The smallest absolute Gasteiger partial charge is 0.340 e. The number of carbonyl (C=O) groups is 1. The van der Waals surface area contributed by atoms with Crippen LogP contribution in [-0.4, -0.2) is 25.5 Å². The number of fused-ring (bicyclic) bond motifs is 1. The van der Waals surface area contributed by atoms with Crippen molar-refractivity contribution >= 4 is 39.6 Å². The van der Waals surface area contributed by atoms with Crippen molar-refractivity contribution in [1.82, 2.24) is 14.6 Å². The number of esters is 1. The Morgan fingerprint density at radius 1 is 1.44 bits per heavy atom. The number of nitrogens with zero attached hydrogens (tertiary/aromatic N) is 4. The number of hydrogen-bond donors (Lipinski definition) is 0. The minimum absolute atomic E-state index is 0.000450. The van der Waals surface area contributed by atoms with Crippen LogP contribution in [0.25, 0.3) is 4.96 Å². The molecule has 3 rings (SSSR count). The monoisotopic (exact) mass is 380 g/mol. The summed E-state index contributed by atoms with van der Waals surface area (Å²) in [4.78, 5) is 38.5. The quantitative estimate of drug-likeness (QED) is 0.387. The molecule has 1 aromatic carbocycles. The fourth-order valence-corrected chi connectivity index (χ4v) is 3.12. The number of halogens is 1. The number of aromatic nitrogens is 3. The van der Waals surface area contributed by atoms with Crippen molar-refractivity contribution in [2.24, 2.45) is 0 Å². The second-order valence-electron chi connectivity index (χ2n) is 4.92. The summed E-state index contributed by atoms with van der Waals surface area (Å²) < 4.78 is 6.23. The van der Waals surface area contributed by atoms with Crippen molar-refractivity contribution in [2.75, 3.05) is 0 Å². The van der Waals surface area contributed by atoms with Gasteiger partial charge in [-0.1, -0.05) is 22.9 Å². The van der Waals surface area contributed by atoms with Crippen LogP contribution >= 0.6 is 22.9 Å². The summed E-state index contributed by atoms with van der Waals surface area (Å²) in [5, 5.41) is 15.0. The van der Waals surface area contributed by atoms with E-state index in [9.17, 15) is 19.7 Å². The molecule has 0 amide bonds. The summed E-state index contributed by atoms with van der Waals surface area (Å²) in [5.41, 5.74) is 0.0117. The largest absolute Gasteiger partial charge is 0.455 e. The number of benzene rings is 1. The highest BCUT2D eigenvalue weighted by molar-refractivity contribution is 7.16. The van der Waals surface area contributed by atoms with Gasteiger partial charge in [-0.25, -0.2) is 9.78 Å². The zero-order valence-electron chi connectivity index (χ0n) is 12.6. The van der Waals surface area contributed by atoms with Crippen molar-refractivity contribution in [3.8, 4) is 0 Å². The zero-order valence-corrected chi connectivity index (χ0v) is 14.2. The van der Waals surface area contributed by atoms with Gasteiger partial charge >= 0.3 is 5.97 Å². The number of nitro groups is 1. The highest BCUT2D eigenvalue weighted by atomic mass is 35.5. The maximum atomic E-state index is 12.1. The molecule has 0 aliphatic rings. The topological polar surface area (TPSA) is 117 Å². The van der Waals surface area contributed by atoms with Crippen molar-refractivity contribution in [3.05, 3.63) is 66.0 Å². The van der Waals surface area contributed by atoms with E-state index in [1.807, 2.05) is 0 Å². The summed E-state index contributed by atoms with van der Waals surface area (Å²) in [7, 11) is 0. The lowest BCUT2D eigenvalue weighted by Gasteiger charge is -2.04. The van der Waals surface area contributed by atoms with E-state index in [-0.39, 0.29) is 28.4 Å². The Kier molecular flexibility index (Phi) is 4.47. The van der Waals surface area contributed by atoms with Crippen LogP contribution in [0.1, 0.15) is 21.1 Å². The lowest BCUT2D eigenvalue weighted by molar-refractivity contribution is -0.384. The van der Waals surface area contributed by atoms with Gasteiger partial charge in [-0.2, -0.15) is 9.61 Å². The van der Waals surface area contributed by atoms with E-state index < -0.39 is 10.9 Å². The first-order valence-corrected chi connectivity index (χ1v) is 8.02. The SMILES string of the molecule is Cc1cc(=O)n2nc(COC(=O)c3ccc([N+](=O)[O-])cc3Cl)sc2n1. The van der Waals surface area contributed by atoms with E-state index in [2.05, 4.69) is 10.1 Å². The molecule has 0 unspecified atom stereocenters. The molecule has 0 saturated carbocycles. The molecule has 0 aliphatic carbocycles. The van der Waals surface area contributed by atoms with Gasteiger partial charge in [0.1, 0.15) is 6.61 Å². The third-order valence-electron chi connectivity index (χ3n) is 3.13. The van der Waals surface area contributed by atoms with Crippen molar-refractivity contribution in [1.29, 1.82) is 0 Å². The molecule has 0 bridgehead atoms. The van der Waals surface area contributed by atoms with Crippen LogP contribution in [0.2, 0.25) is 5.02 Å². The molecular formula is C14H9ClN4O5S. The third kappa shape index (κ3) is 3.49. The lowest BCUT2D eigenvalue weighted by Crippen LogP contribution is -2.14. The molecule has 0 aliphatic heterocycles. The standard InChI is InChI=1S/C14H9ClN4O5S/c1-7-4-12(20)18-14(16-7)25-11(17-18)6-24-13(21)9-3-2-8(19(22)23)5-10(9)15/h2-5H,6H2,1H3. The van der Waals surface area contributed by atoms with Crippen LogP contribution in [0, 0.1) is 17.0 Å². The Hall–Kier alpha value is -2.85. The molecule has 0 atom stereocenters. The Labute approximate surface area is 148 Å². The highest BCUT2D eigenvalue weighted by Gasteiger charge is 2.17. The molecule has 0 radical (unpaired) electrons. The predicted molar refractivity (Wildman–Crippen MR) is 89.1 cm³/mol. The van der Waals surface area contributed by atoms with Crippen LogP contribution in [0.15, 0.2) is 29.1 Å². The average Bonchev–Trinajstić information content (AvgIpc) is 2.95. The summed E-state index contributed by atoms with van der Waals surface area (Å²) in [6.07, 6.45) is 0. The van der Waals surface area contributed by atoms with Crippen molar-refractivity contribution in [2.45, 2.75) is 13.5 Å². The van der Waals surface area contributed by atoms with Crippen molar-refractivity contribution in [3.63, 3.8) is 0 Å². The minimum Gasteiger partial charge on any atom is -0.455 e. The summed E-state index contributed by atoms with van der Waals surface area (Å²) in [6.45, 7) is 1.51. The second kappa shape index (κ2) is 6.57. The normalized spacial score (nSPS) is 10.8. The maximum absolute atomic E-state index is 12.1. The Morgan fingerprint density at radius 3 is 2.88 bits per heavy atom. The maximum Gasteiger partial charge on any atom is 0.340 e. The highest BCUT2D eigenvalue weighted by Crippen LogP contribution is 2.23. The molecule has 128 valence electrons. The zero-order chi connectivity index (χ0) is 18.1. The van der Waals surface area contributed by atoms with E-state index >= 15 is 0 Å². The molecule has 11 heteroatoms. The molecule has 25 heavy (non-hydrogen) atoms. The molecular weight excluding hydrogens is 372 g/mol. The van der Waals surface area contributed by atoms with Gasteiger partial charge in [0.2, 0.25) is 4.96 Å². The average molecular weight is 381 g/mol. The first kappa shape index (κ1) is 17.0. The van der Waals surface area contributed by atoms with Gasteiger partial charge < -0.3 is 4.74 Å². The van der Waals surface area contributed by atoms with E-state index in [4.69, 9.17) is 16.3 Å². The summed E-state index contributed by atoms with van der Waals surface area (Å²) in [6, 6.07) is 4.80. The summed E-state index contributed by atoms with van der Waals surface area (Å²) in [5.74, 6) is -0.754. The van der Waals surface area contributed by atoms with E-state index in [0.29, 0.717) is 15.7 Å². The van der Waals surface area contributed by atoms with Gasteiger partial charge in [-0.05, 0) is 13.0 Å². The molecule has 2 aromatic heterocycles. The first-order valence-electron chi connectivity index (χ1n) is 6.82. The Morgan fingerprint density at radius 2 is 2.20 bits per heavy atom. The van der Waals surface area contributed by atoms with Gasteiger partial charge in [0, 0.05) is 23.9 Å². The van der Waals surface area contributed by atoms with Gasteiger partial charge in [0.15, 0.2) is 5.01 Å². The molecule has 0 spiro atoms. The number of carbonyl (C=O) groups excluding carboxylic acids is 1. The predicted octanol–water partition coefficient (Wildman–Crippen LogP) is 2.38. The lowest BCUT2D eigenvalue weighted by atomic mass is 10.2. The molecule has 0 N–H and O–H groups in total. The van der Waals surface area contributed by atoms with Crippen LogP contribution < -0.4 is 5.56 Å². The van der Waals surface area contributed by atoms with Gasteiger partial charge in [0.25, 0.3) is 11.2 Å². The number of rotatable bonds is 4. The second-order valence-corrected chi connectivity index (χ2v) is 6.37. The van der Waals surface area contributed by atoms with Crippen LogP contribution in [0.5, 0.6) is 0 Å². The number of ether oxygens (including phenoxy) is 1. The molecule has 0 saturated heterocycles. The van der Waals surface area contributed by atoms with E-state index in [1.54, 1.807) is 6.92 Å². The number of non-ortho nitro benzene ring substituents is 1. The molecule has 0 fully saturated rings. The van der Waals surface area contributed by atoms with Gasteiger partial charge in [-0.15, -0.1) is 0 Å². The number of nitro benzene ring substituents is 1.